The van der Waals surface area contributed by atoms with Crippen LogP contribution in [0.15, 0.2) is 48.5 Å². The zero-order chi connectivity index (χ0) is 14.8. The first-order valence-electron chi connectivity index (χ1n) is 7.03. The molecule has 1 aliphatic rings. The van der Waals surface area contributed by atoms with Crippen LogP contribution in [0.25, 0.3) is 0 Å². The summed E-state index contributed by atoms with van der Waals surface area (Å²) in [5.41, 5.74) is 9.33. The van der Waals surface area contributed by atoms with Crippen molar-refractivity contribution >= 4 is 11.6 Å². The van der Waals surface area contributed by atoms with Crippen LogP contribution in [0.1, 0.15) is 22.7 Å². The number of aliphatic hydroxyl groups excluding tert-OH is 1. The maximum atomic E-state index is 12.2. The smallest absolute Gasteiger partial charge is 0.224 e. The molecular formula is C17H18N2O2. The lowest BCUT2D eigenvalue weighted by Crippen LogP contribution is -2.34. The number of fused-ring (bicyclic) bond motifs is 1. The zero-order valence-electron chi connectivity index (χ0n) is 11.6. The van der Waals surface area contributed by atoms with Crippen LogP contribution in [0.2, 0.25) is 0 Å². The number of hydrogen-bond acceptors (Lipinski definition) is 3. The van der Waals surface area contributed by atoms with E-state index in [1.807, 2.05) is 36.4 Å². The first-order chi connectivity index (χ1) is 10.1. The number of anilines is 1. The molecule has 2 atom stereocenters. The van der Waals surface area contributed by atoms with Crippen molar-refractivity contribution in [3.63, 3.8) is 0 Å². The third-order valence-electron chi connectivity index (χ3n) is 3.84. The quantitative estimate of drug-likeness (QED) is 0.748. The van der Waals surface area contributed by atoms with Crippen molar-refractivity contribution in [1.29, 1.82) is 0 Å². The van der Waals surface area contributed by atoms with E-state index in [0.717, 1.165) is 16.7 Å². The van der Waals surface area contributed by atoms with E-state index in [0.29, 0.717) is 12.1 Å². The third kappa shape index (κ3) is 2.90. The summed E-state index contributed by atoms with van der Waals surface area (Å²) < 4.78 is 0. The van der Waals surface area contributed by atoms with Crippen molar-refractivity contribution in [2.75, 3.05) is 5.73 Å². The summed E-state index contributed by atoms with van der Waals surface area (Å²) in [5.74, 6) is -0.110. The normalized spacial score (nSPS) is 20.0. The molecular weight excluding hydrogens is 264 g/mol. The average molecular weight is 282 g/mol. The van der Waals surface area contributed by atoms with Crippen molar-refractivity contribution in [3.05, 3.63) is 65.2 Å². The first kappa shape index (κ1) is 13.6. The molecule has 0 spiro atoms. The van der Waals surface area contributed by atoms with E-state index in [2.05, 4.69) is 5.32 Å². The maximum absolute atomic E-state index is 12.2. The van der Waals surface area contributed by atoms with Gasteiger partial charge in [-0.3, -0.25) is 4.79 Å². The van der Waals surface area contributed by atoms with Crippen LogP contribution in [-0.4, -0.2) is 17.1 Å². The standard InChI is InChI=1S/C17H18N2O2/c18-13-6-3-4-11(8-13)9-16(21)19-17-14-7-2-1-5-12(14)10-15(17)20/h1-8,15,17,20H,9-10,18H2,(H,19,21)/t15-,17+/m1/s1. The number of amides is 1. The molecule has 0 bridgehead atoms. The van der Waals surface area contributed by atoms with Gasteiger partial charge in [-0.05, 0) is 28.8 Å². The van der Waals surface area contributed by atoms with Gasteiger partial charge in [0.2, 0.25) is 5.91 Å². The minimum Gasteiger partial charge on any atom is -0.399 e. The van der Waals surface area contributed by atoms with Crippen molar-refractivity contribution < 1.29 is 9.90 Å². The van der Waals surface area contributed by atoms with Gasteiger partial charge in [-0.25, -0.2) is 0 Å². The lowest BCUT2D eigenvalue weighted by Gasteiger charge is -2.18. The molecule has 0 aromatic heterocycles. The highest BCUT2D eigenvalue weighted by molar-refractivity contribution is 5.79. The van der Waals surface area contributed by atoms with E-state index < -0.39 is 6.10 Å². The van der Waals surface area contributed by atoms with Gasteiger partial charge in [0.1, 0.15) is 0 Å². The Bertz CT molecular complexity index is 669. The van der Waals surface area contributed by atoms with Gasteiger partial charge in [0, 0.05) is 12.1 Å². The maximum Gasteiger partial charge on any atom is 0.224 e. The van der Waals surface area contributed by atoms with Gasteiger partial charge in [-0.15, -0.1) is 0 Å². The van der Waals surface area contributed by atoms with E-state index in [1.54, 1.807) is 12.1 Å². The molecule has 3 rings (SSSR count). The largest absolute Gasteiger partial charge is 0.399 e. The van der Waals surface area contributed by atoms with Crippen LogP contribution in [0, 0.1) is 0 Å². The number of carbonyl (C=O) groups excluding carboxylic acids is 1. The lowest BCUT2D eigenvalue weighted by molar-refractivity contribution is -0.121. The summed E-state index contributed by atoms with van der Waals surface area (Å²) in [7, 11) is 0. The van der Waals surface area contributed by atoms with Gasteiger partial charge in [0.15, 0.2) is 0 Å². The number of nitrogen functional groups attached to an aromatic ring is 1. The molecule has 0 radical (unpaired) electrons. The highest BCUT2D eigenvalue weighted by atomic mass is 16.3. The predicted octanol–water partition coefficient (Wildman–Crippen LogP) is 1.59. The van der Waals surface area contributed by atoms with Crippen LogP contribution in [0.4, 0.5) is 5.69 Å². The first-order valence-corrected chi connectivity index (χ1v) is 7.03. The van der Waals surface area contributed by atoms with Gasteiger partial charge >= 0.3 is 0 Å². The number of benzene rings is 2. The van der Waals surface area contributed by atoms with E-state index in [1.165, 1.54) is 0 Å². The molecule has 4 heteroatoms. The van der Waals surface area contributed by atoms with E-state index in [9.17, 15) is 9.90 Å². The Labute approximate surface area is 123 Å². The molecule has 1 amide bonds. The monoisotopic (exact) mass is 282 g/mol. The molecule has 0 heterocycles. The minimum atomic E-state index is -0.563. The van der Waals surface area contributed by atoms with Crippen molar-refractivity contribution in [2.45, 2.75) is 25.0 Å². The Balaban J connectivity index is 1.70. The SMILES string of the molecule is Nc1cccc(CC(=O)N[C@H]2c3ccccc3C[C@H]2O)c1. The fraction of sp³-hybridized carbons (Fsp3) is 0.235. The Morgan fingerprint density at radius 1 is 1.24 bits per heavy atom. The van der Waals surface area contributed by atoms with Gasteiger partial charge in [0.05, 0.1) is 18.6 Å². The zero-order valence-corrected chi connectivity index (χ0v) is 11.6. The van der Waals surface area contributed by atoms with Crippen LogP contribution in [0.5, 0.6) is 0 Å². The van der Waals surface area contributed by atoms with Crippen molar-refractivity contribution in [1.82, 2.24) is 5.32 Å². The Kier molecular flexibility index (Phi) is 3.62. The molecule has 0 fully saturated rings. The third-order valence-corrected chi connectivity index (χ3v) is 3.84. The summed E-state index contributed by atoms with van der Waals surface area (Å²) in [6, 6.07) is 14.8. The Morgan fingerprint density at radius 2 is 2.05 bits per heavy atom. The molecule has 0 aliphatic heterocycles. The summed E-state index contributed by atoms with van der Waals surface area (Å²) >= 11 is 0. The highest BCUT2D eigenvalue weighted by Gasteiger charge is 2.31. The van der Waals surface area contributed by atoms with E-state index >= 15 is 0 Å². The van der Waals surface area contributed by atoms with Crippen LogP contribution in [-0.2, 0) is 17.6 Å². The van der Waals surface area contributed by atoms with Gasteiger partial charge < -0.3 is 16.2 Å². The molecule has 0 saturated heterocycles. The molecule has 4 N–H and O–H groups in total. The second-order valence-corrected chi connectivity index (χ2v) is 5.44. The fourth-order valence-corrected chi connectivity index (χ4v) is 2.86. The number of rotatable bonds is 3. The summed E-state index contributed by atoms with van der Waals surface area (Å²) in [6.07, 6.45) is 0.280. The van der Waals surface area contributed by atoms with Crippen LogP contribution >= 0.6 is 0 Å². The second-order valence-electron chi connectivity index (χ2n) is 5.44. The highest BCUT2D eigenvalue weighted by Crippen LogP contribution is 2.31. The summed E-state index contributed by atoms with van der Waals surface area (Å²) in [5, 5.41) is 13.1. The molecule has 1 aliphatic carbocycles. The minimum absolute atomic E-state index is 0.110. The second kappa shape index (κ2) is 5.58. The topological polar surface area (TPSA) is 75.4 Å². The van der Waals surface area contributed by atoms with E-state index in [4.69, 9.17) is 5.73 Å². The number of nitrogens with two attached hydrogens (primary N) is 1. The molecule has 2 aromatic carbocycles. The van der Waals surface area contributed by atoms with Gasteiger partial charge in [-0.2, -0.15) is 0 Å². The van der Waals surface area contributed by atoms with Crippen molar-refractivity contribution in [3.8, 4) is 0 Å². The Morgan fingerprint density at radius 3 is 2.86 bits per heavy atom. The lowest BCUT2D eigenvalue weighted by atomic mass is 10.1. The molecule has 0 unspecified atom stereocenters. The van der Waals surface area contributed by atoms with E-state index in [-0.39, 0.29) is 18.4 Å². The number of hydrogen-bond donors (Lipinski definition) is 3. The van der Waals surface area contributed by atoms with Gasteiger partial charge in [-0.1, -0.05) is 36.4 Å². The van der Waals surface area contributed by atoms with Crippen molar-refractivity contribution in [2.24, 2.45) is 0 Å². The average Bonchev–Trinajstić information content (AvgIpc) is 2.75. The number of nitrogens with one attached hydrogen (secondary N) is 1. The number of carbonyl (C=O) groups is 1. The molecule has 108 valence electrons. The molecule has 4 nitrogen and oxygen atoms in total. The molecule has 0 saturated carbocycles. The number of aliphatic hydroxyl groups is 1. The summed E-state index contributed by atoms with van der Waals surface area (Å²) in [6.45, 7) is 0. The summed E-state index contributed by atoms with van der Waals surface area (Å²) in [4.78, 5) is 12.2. The fourth-order valence-electron chi connectivity index (χ4n) is 2.86. The Hall–Kier alpha value is -2.33. The van der Waals surface area contributed by atoms with Crippen LogP contribution < -0.4 is 11.1 Å². The molecule has 2 aromatic rings. The van der Waals surface area contributed by atoms with Crippen LogP contribution in [0.3, 0.4) is 0 Å². The predicted molar refractivity (Wildman–Crippen MR) is 81.6 cm³/mol. The molecule has 21 heavy (non-hydrogen) atoms. The van der Waals surface area contributed by atoms with Gasteiger partial charge in [0.25, 0.3) is 0 Å².